The number of hydrogen-bond acceptors (Lipinski definition) is 2. The molecule has 2 aromatic rings. The third-order valence-electron chi connectivity index (χ3n) is 3.74. The van der Waals surface area contributed by atoms with Crippen LogP contribution in [0, 0.1) is 5.92 Å². The van der Waals surface area contributed by atoms with Crippen molar-refractivity contribution in [3.05, 3.63) is 59.1 Å². The summed E-state index contributed by atoms with van der Waals surface area (Å²) in [5.74, 6) is 0.742. The van der Waals surface area contributed by atoms with Gasteiger partial charge in [-0.1, -0.05) is 35.9 Å². The van der Waals surface area contributed by atoms with Crippen molar-refractivity contribution in [1.82, 2.24) is 0 Å². The summed E-state index contributed by atoms with van der Waals surface area (Å²) in [5.41, 5.74) is 2.56. The lowest BCUT2D eigenvalue weighted by atomic mass is 10.0. The van der Waals surface area contributed by atoms with Gasteiger partial charge in [0.1, 0.15) is 0 Å². The zero-order valence-corrected chi connectivity index (χ0v) is 13.0. The average Bonchev–Trinajstić information content (AvgIpc) is 3.31. The molecule has 20 heavy (non-hydrogen) atoms. The number of nitrogens with one attached hydrogen (secondary N) is 1. The van der Waals surface area contributed by atoms with Crippen LogP contribution >= 0.6 is 23.4 Å². The Labute approximate surface area is 129 Å². The van der Waals surface area contributed by atoms with E-state index in [1.165, 1.54) is 29.0 Å². The highest BCUT2D eigenvalue weighted by Gasteiger charge is 2.32. The predicted molar refractivity (Wildman–Crippen MR) is 88.8 cm³/mol. The lowest BCUT2D eigenvalue weighted by Gasteiger charge is -2.21. The van der Waals surface area contributed by atoms with E-state index in [9.17, 15) is 0 Å². The highest BCUT2D eigenvalue weighted by Crippen LogP contribution is 2.44. The molecule has 1 saturated carbocycles. The maximum Gasteiger partial charge on any atom is 0.0542 e. The molecular weight excluding hydrogens is 286 g/mol. The summed E-state index contributed by atoms with van der Waals surface area (Å²) in [4.78, 5) is 1.30. The number of thioether (sulfide) groups is 1. The topological polar surface area (TPSA) is 12.0 Å². The van der Waals surface area contributed by atoms with Gasteiger partial charge in [-0.25, -0.2) is 0 Å². The van der Waals surface area contributed by atoms with Gasteiger partial charge in [0.25, 0.3) is 0 Å². The molecule has 0 bridgehead atoms. The maximum atomic E-state index is 6.00. The van der Waals surface area contributed by atoms with E-state index in [1.807, 2.05) is 12.1 Å². The second kappa shape index (κ2) is 6.11. The largest absolute Gasteiger partial charge is 0.377 e. The Hall–Kier alpha value is -1.12. The fourth-order valence-electron chi connectivity index (χ4n) is 2.50. The van der Waals surface area contributed by atoms with E-state index < -0.39 is 0 Å². The number of benzene rings is 2. The zero-order chi connectivity index (χ0) is 13.9. The van der Waals surface area contributed by atoms with Gasteiger partial charge in [-0.15, -0.1) is 11.8 Å². The van der Waals surface area contributed by atoms with Crippen molar-refractivity contribution in [1.29, 1.82) is 0 Å². The van der Waals surface area contributed by atoms with Gasteiger partial charge in [-0.2, -0.15) is 0 Å². The molecule has 0 radical (unpaired) electrons. The fourth-order valence-corrected chi connectivity index (χ4v) is 3.19. The van der Waals surface area contributed by atoms with Crippen LogP contribution in [0.2, 0.25) is 5.02 Å². The van der Waals surface area contributed by atoms with Crippen LogP contribution in [0.25, 0.3) is 0 Å². The number of anilines is 1. The van der Waals surface area contributed by atoms with Crippen LogP contribution in [0.4, 0.5) is 5.69 Å². The minimum absolute atomic E-state index is 0.389. The van der Waals surface area contributed by atoms with E-state index in [0.717, 1.165) is 10.9 Å². The minimum Gasteiger partial charge on any atom is -0.377 e. The first-order chi connectivity index (χ1) is 9.78. The van der Waals surface area contributed by atoms with E-state index in [1.54, 1.807) is 11.8 Å². The Kier molecular flexibility index (Phi) is 4.23. The van der Waals surface area contributed by atoms with Crippen molar-refractivity contribution in [3.8, 4) is 0 Å². The molecule has 3 rings (SSSR count). The van der Waals surface area contributed by atoms with Gasteiger partial charge in [0, 0.05) is 15.6 Å². The summed E-state index contributed by atoms with van der Waals surface area (Å²) in [6.45, 7) is 0. The SMILES string of the molecule is CSc1ccccc1NC(c1ccc(Cl)cc1)C1CC1. The molecule has 0 aliphatic heterocycles. The van der Waals surface area contributed by atoms with Gasteiger partial charge >= 0.3 is 0 Å². The molecule has 1 aliphatic carbocycles. The van der Waals surface area contributed by atoms with Crippen LogP contribution in [0.1, 0.15) is 24.4 Å². The number of hydrogen-bond donors (Lipinski definition) is 1. The molecule has 104 valence electrons. The first-order valence-electron chi connectivity index (χ1n) is 6.93. The molecule has 0 saturated heterocycles. The number of rotatable bonds is 5. The van der Waals surface area contributed by atoms with Crippen molar-refractivity contribution in [2.45, 2.75) is 23.8 Å². The van der Waals surface area contributed by atoms with Gasteiger partial charge < -0.3 is 5.32 Å². The first kappa shape index (κ1) is 13.8. The van der Waals surface area contributed by atoms with E-state index in [2.05, 4.69) is 48.0 Å². The van der Waals surface area contributed by atoms with E-state index in [0.29, 0.717) is 6.04 Å². The van der Waals surface area contributed by atoms with Gasteiger partial charge in [-0.3, -0.25) is 0 Å². The van der Waals surface area contributed by atoms with Crippen molar-refractivity contribution in [3.63, 3.8) is 0 Å². The van der Waals surface area contributed by atoms with Gasteiger partial charge in [0.15, 0.2) is 0 Å². The van der Waals surface area contributed by atoms with E-state index in [-0.39, 0.29) is 0 Å². The van der Waals surface area contributed by atoms with Crippen LogP contribution in [0.5, 0.6) is 0 Å². The third-order valence-corrected chi connectivity index (χ3v) is 4.79. The summed E-state index contributed by atoms with van der Waals surface area (Å²) < 4.78 is 0. The Morgan fingerprint density at radius 3 is 2.45 bits per heavy atom. The average molecular weight is 304 g/mol. The lowest BCUT2D eigenvalue weighted by molar-refractivity contribution is 0.677. The molecule has 0 spiro atoms. The van der Waals surface area contributed by atoms with Crippen LogP contribution in [-0.4, -0.2) is 6.26 Å². The Bertz CT molecular complexity index is 578. The Morgan fingerprint density at radius 1 is 1.10 bits per heavy atom. The normalized spacial score (nSPS) is 15.9. The molecule has 1 aliphatic rings. The highest BCUT2D eigenvalue weighted by atomic mass is 35.5. The number of halogens is 1. The van der Waals surface area contributed by atoms with Gasteiger partial charge in [0.2, 0.25) is 0 Å². The summed E-state index contributed by atoms with van der Waals surface area (Å²) >= 11 is 7.78. The zero-order valence-electron chi connectivity index (χ0n) is 11.5. The predicted octanol–water partition coefficient (Wildman–Crippen LogP) is 5.63. The monoisotopic (exact) mass is 303 g/mol. The summed E-state index contributed by atoms with van der Waals surface area (Å²) in [6.07, 6.45) is 4.73. The van der Waals surface area contributed by atoms with E-state index >= 15 is 0 Å². The molecule has 1 nitrogen and oxygen atoms in total. The molecule has 3 heteroatoms. The van der Waals surface area contributed by atoms with Crippen molar-refractivity contribution in [2.24, 2.45) is 5.92 Å². The standard InChI is InChI=1S/C17H18ClNS/c1-20-16-5-3-2-4-15(16)19-17(12-6-7-12)13-8-10-14(18)11-9-13/h2-5,8-12,17,19H,6-7H2,1H3. The van der Waals surface area contributed by atoms with Crippen LogP contribution in [0.15, 0.2) is 53.4 Å². The van der Waals surface area contributed by atoms with Crippen LogP contribution in [0.3, 0.4) is 0 Å². The smallest absolute Gasteiger partial charge is 0.0542 e. The molecule has 0 heterocycles. The Balaban J connectivity index is 1.86. The molecule has 1 unspecified atom stereocenters. The highest BCUT2D eigenvalue weighted by molar-refractivity contribution is 7.98. The van der Waals surface area contributed by atoms with Crippen molar-refractivity contribution < 1.29 is 0 Å². The summed E-state index contributed by atoms with van der Waals surface area (Å²) in [5, 5.41) is 4.53. The summed E-state index contributed by atoms with van der Waals surface area (Å²) in [7, 11) is 0. The molecule has 0 aromatic heterocycles. The van der Waals surface area contributed by atoms with Crippen LogP contribution < -0.4 is 5.32 Å². The lowest BCUT2D eigenvalue weighted by Crippen LogP contribution is -2.13. The van der Waals surface area contributed by atoms with Crippen LogP contribution in [-0.2, 0) is 0 Å². The van der Waals surface area contributed by atoms with Crippen molar-refractivity contribution >= 4 is 29.1 Å². The van der Waals surface area contributed by atoms with Crippen molar-refractivity contribution in [2.75, 3.05) is 11.6 Å². The number of para-hydroxylation sites is 1. The molecule has 2 aromatic carbocycles. The second-order valence-corrected chi connectivity index (χ2v) is 6.50. The molecular formula is C17H18ClNS. The molecule has 1 atom stereocenters. The second-order valence-electron chi connectivity index (χ2n) is 5.21. The third kappa shape index (κ3) is 3.13. The van der Waals surface area contributed by atoms with E-state index in [4.69, 9.17) is 11.6 Å². The minimum atomic E-state index is 0.389. The molecule has 0 amide bonds. The quantitative estimate of drug-likeness (QED) is 0.719. The Morgan fingerprint density at radius 2 is 1.80 bits per heavy atom. The summed E-state index contributed by atoms with van der Waals surface area (Å²) in [6, 6.07) is 17.1. The fraction of sp³-hybridized carbons (Fsp3) is 0.294. The van der Waals surface area contributed by atoms with Gasteiger partial charge in [-0.05, 0) is 54.8 Å². The molecule has 1 N–H and O–H groups in total. The molecule has 1 fully saturated rings. The first-order valence-corrected chi connectivity index (χ1v) is 8.53. The van der Waals surface area contributed by atoms with Gasteiger partial charge in [0.05, 0.1) is 6.04 Å². The maximum absolute atomic E-state index is 6.00.